The van der Waals surface area contributed by atoms with Gasteiger partial charge in [-0.2, -0.15) is 0 Å². The van der Waals surface area contributed by atoms with Crippen molar-refractivity contribution >= 4 is 118 Å². The molecule has 16 N–H and O–H groups in total. The van der Waals surface area contributed by atoms with Gasteiger partial charge in [0.05, 0.1) is 42.7 Å². The largest absolute Gasteiger partial charge is 0.465 e. The van der Waals surface area contributed by atoms with Crippen LogP contribution in [0.15, 0.2) is 0 Å². The highest BCUT2D eigenvalue weighted by Gasteiger charge is 2.60. The predicted molar refractivity (Wildman–Crippen MR) is 313 cm³/mol. The lowest BCUT2D eigenvalue weighted by Crippen LogP contribution is -2.68. The van der Waals surface area contributed by atoms with Gasteiger partial charge in [0.25, 0.3) is 6.47 Å². The molecule has 522 valence electrons. The molecule has 0 spiro atoms. The maximum atomic E-state index is 11.7. The Morgan fingerprint density at radius 1 is 0.222 bits per heavy atom. The lowest BCUT2D eigenvalue weighted by atomic mass is 9.95. The second kappa shape index (κ2) is 33.4. The summed E-state index contributed by atoms with van der Waals surface area (Å²) in [5.74, 6) is 0. The van der Waals surface area contributed by atoms with Crippen molar-refractivity contribution < 1.29 is 167 Å². The molecule has 0 amide bonds. The summed E-state index contributed by atoms with van der Waals surface area (Å²) < 4.78 is 101. The number of hydrogen-bond acceptors (Lipinski definition) is 34. The Morgan fingerprint density at radius 2 is 0.356 bits per heavy atom. The zero-order chi connectivity index (χ0) is 65.5. The van der Waals surface area contributed by atoms with Gasteiger partial charge in [-0.3, -0.25) is 4.79 Å². The summed E-state index contributed by atoms with van der Waals surface area (Å²) in [4.78, 5) is 11.5. The molecule has 0 aliphatic carbocycles. The van der Waals surface area contributed by atoms with E-state index >= 15 is 0 Å². The van der Waals surface area contributed by atoms with Gasteiger partial charge in [-0.05, 0) is 0 Å². The maximum absolute atomic E-state index is 11.7. The van der Waals surface area contributed by atoms with Crippen LogP contribution in [0.5, 0.6) is 0 Å². The summed E-state index contributed by atoms with van der Waals surface area (Å²) in [6.07, 6.45) is -70.1. The van der Waals surface area contributed by atoms with E-state index < -0.39 is 252 Å². The lowest BCUT2D eigenvalue weighted by molar-refractivity contribution is -0.397. The highest BCUT2D eigenvalue weighted by atomic mass is 79.9. The summed E-state index contributed by atoms with van der Waals surface area (Å²) in [5, 5.41) is 184. The van der Waals surface area contributed by atoms with Crippen molar-refractivity contribution in [3.05, 3.63) is 0 Å². The summed E-state index contributed by atoms with van der Waals surface area (Å²) in [6.45, 7) is -0.697. The molecule has 90 heavy (non-hydrogen) atoms. The van der Waals surface area contributed by atoms with Gasteiger partial charge in [0.15, 0.2) is 50.3 Å². The van der Waals surface area contributed by atoms with E-state index in [1.807, 2.05) is 0 Å². The normalized spacial score (nSPS) is 54.3. The SMILES string of the molecule is O=COC[C@H]1O[C@@H]2O[C@H]3[C@H](O)[C@@H](O)[C@@H](O[C@H]4[C@H](O)[C@@H](O)[C@@H](O[C@H]5[C@H](O)[C@@H](O)[C@@H](O[C@H]6[C@H](O)[C@@H](O)[C@@H](O[C@H]7[C@H](O)[C@@H](O)[C@@H](O[C@H]8[C@H](O)[C@@H](O)[C@@H](O[C@H]9[C@H](O)[C@@H](O)[C@@H](O[C@H]1[C@H](O)[C@H]2O)O[C@@H]9CBr)O[C@@H]8CBr)O[C@@H]7CBr)O[C@@H]6CBr)O[C@@H]5CBr)O[C@@H]4CBr)O[C@@H]3CBr. The molecule has 30 saturated heterocycles. The fourth-order valence-corrected chi connectivity index (χ4v) is 15.5. The number of aliphatic hydroxyl groups excluding tert-OH is 16. The minimum atomic E-state index is -2.11. The molecule has 0 aromatic rings. The Kier molecular flexibility index (Phi) is 28.1. The van der Waals surface area contributed by atoms with Crippen molar-refractivity contribution in [2.75, 3.05) is 43.9 Å². The van der Waals surface area contributed by atoms with Gasteiger partial charge >= 0.3 is 0 Å². The van der Waals surface area contributed by atoms with Gasteiger partial charge < -0.3 is 162 Å². The van der Waals surface area contributed by atoms with E-state index in [2.05, 4.69) is 112 Å². The van der Waals surface area contributed by atoms with Gasteiger partial charge in [0, 0.05) is 37.3 Å². The van der Waals surface area contributed by atoms with E-state index in [9.17, 15) is 86.5 Å². The lowest BCUT2D eigenvalue weighted by Gasteiger charge is -2.50. The first-order valence-electron chi connectivity index (χ1n) is 28.2. The van der Waals surface area contributed by atoms with Crippen LogP contribution in [0.2, 0.25) is 0 Å². The van der Waals surface area contributed by atoms with Gasteiger partial charge in [0.1, 0.15) is 159 Å². The fourth-order valence-electron chi connectivity index (χ4n) is 11.9. The van der Waals surface area contributed by atoms with Crippen molar-refractivity contribution in [2.45, 2.75) is 246 Å². The fraction of sp³-hybridized carbons (Fsp3) is 0.980. The first kappa shape index (κ1) is 75.7. The Bertz CT molecular complexity index is 2230. The van der Waals surface area contributed by atoms with E-state index in [-0.39, 0.29) is 43.8 Å². The number of carbonyl (C=O) groups excluding carboxylic acids is 1. The van der Waals surface area contributed by atoms with Crippen molar-refractivity contribution in [2.24, 2.45) is 0 Å². The average Bonchev–Trinajstić information content (AvgIpc) is 0.824. The van der Waals surface area contributed by atoms with Crippen molar-refractivity contribution in [3.63, 3.8) is 0 Å². The number of rotatable bonds is 10. The number of halogens is 7. The minimum absolute atomic E-state index is 0.0207. The Balaban J connectivity index is 0.985. The third-order valence-corrected chi connectivity index (χ3v) is 21.3. The third-order valence-electron chi connectivity index (χ3n) is 16.8. The molecule has 34 nitrogen and oxygen atoms in total. The highest BCUT2D eigenvalue weighted by Crippen LogP contribution is 2.41. The van der Waals surface area contributed by atoms with E-state index in [4.69, 9.17) is 80.5 Å². The molecule has 30 aliphatic rings. The Labute approximate surface area is 570 Å². The zero-order valence-corrected chi connectivity index (χ0v) is 57.6. The molecular weight excluding hydrogens is 1690 g/mol. The van der Waals surface area contributed by atoms with E-state index in [1.165, 1.54) is 0 Å². The van der Waals surface area contributed by atoms with E-state index in [1.54, 1.807) is 0 Å². The van der Waals surface area contributed by atoms with Gasteiger partial charge in [-0.1, -0.05) is 112 Å². The Hall–Kier alpha value is 1.55. The standard InChI is InChI=1S/C49H73Br7O34/c50-1-10-34-18(58)26(66)42(75-10)84-35-11(2-51)77-44(28(68)20(35)60)86-37-13(4-53)79-46(30(70)22(37)62)88-39-15(6-55)81-48(32(72)24(39)64)90-41-17(8-74-9-57)82-49(33(73)25(41)65)89-40-16(7-56)80-47(31(71)23(40)63)87-38-14(5-54)78-45(29(69)21(38)61)85-36-12(3-52)76-43(83-34)27(67)19(36)59/h9-49,58-73H,1-8H2/t10-,11-,12-,13-,14-,15-,16-,17-,18-,19-,20-,21-,22-,23-,24-,25-,26-,27-,28-,29-,30-,31-,32-,33-,34-,35-,36-,37-,38-,39-,40-,41-,42-,43-,44-,45-,46-,47-,48-,49-/m1/s1. The molecule has 16 bridgehead atoms. The quantitative estimate of drug-likeness (QED) is 0.0714. The minimum Gasteiger partial charge on any atom is -0.465 e. The smallest absolute Gasteiger partial charge is 0.293 e. The molecule has 0 radical (unpaired) electrons. The summed E-state index contributed by atoms with van der Waals surface area (Å²) in [7, 11) is 0. The van der Waals surface area contributed by atoms with Gasteiger partial charge in [-0.15, -0.1) is 0 Å². The number of ether oxygens (including phenoxy) is 17. The molecule has 30 aliphatic heterocycles. The number of carbonyl (C=O) groups is 1. The van der Waals surface area contributed by atoms with Crippen LogP contribution in [-0.2, 0) is 85.3 Å². The number of alkyl halides is 7. The molecule has 0 saturated carbocycles. The van der Waals surface area contributed by atoms with Crippen LogP contribution in [0.1, 0.15) is 0 Å². The molecule has 0 aromatic heterocycles. The van der Waals surface area contributed by atoms with Crippen molar-refractivity contribution in [1.29, 1.82) is 0 Å². The second-order valence-electron chi connectivity index (χ2n) is 22.5. The molecule has 30 rings (SSSR count). The summed E-state index contributed by atoms with van der Waals surface area (Å²) >= 11 is 23.0. The summed E-state index contributed by atoms with van der Waals surface area (Å²) in [6, 6.07) is 0. The molecule has 30 heterocycles. The zero-order valence-electron chi connectivity index (χ0n) is 46.5. The molecule has 40 atom stereocenters. The van der Waals surface area contributed by atoms with E-state index in [0.29, 0.717) is 0 Å². The van der Waals surface area contributed by atoms with Crippen LogP contribution in [-0.4, -0.2) is 378 Å². The first-order chi connectivity index (χ1) is 42.9. The van der Waals surface area contributed by atoms with Gasteiger partial charge in [0.2, 0.25) is 0 Å². The maximum Gasteiger partial charge on any atom is 0.293 e. The van der Waals surface area contributed by atoms with Crippen LogP contribution in [0.25, 0.3) is 0 Å². The van der Waals surface area contributed by atoms with Crippen molar-refractivity contribution in [1.82, 2.24) is 0 Å². The molecule has 0 unspecified atom stereocenters. The van der Waals surface area contributed by atoms with Crippen molar-refractivity contribution in [3.8, 4) is 0 Å². The topological polar surface area (TPSA) is 498 Å². The highest BCUT2D eigenvalue weighted by molar-refractivity contribution is 9.10. The van der Waals surface area contributed by atoms with Crippen LogP contribution >= 0.6 is 112 Å². The Morgan fingerprint density at radius 3 is 0.489 bits per heavy atom. The first-order valence-corrected chi connectivity index (χ1v) is 36.1. The van der Waals surface area contributed by atoms with Gasteiger partial charge in [-0.25, -0.2) is 0 Å². The number of aliphatic hydroxyl groups is 16. The molecule has 41 heteroatoms. The summed E-state index contributed by atoms with van der Waals surface area (Å²) in [5.41, 5.74) is 0. The van der Waals surface area contributed by atoms with Crippen LogP contribution in [0.4, 0.5) is 0 Å². The van der Waals surface area contributed by atoms with Crippen LogP contribution < -0.4 is 0 Å². The molecular formula is C49H73Br7O34. The third kappa shape index (κ3) is 15.7. The predicted octanol–water partition coefficient (Wildman–Crippen LogP) is -7.41. The van der Waals surface area contributed by atoms with Crippen LogP contribution in [0, 0.1) is 0 Å². The second-order valence-corrected chi connectivity index (χ2v) is 27.0. The number of hydrogen-bond donors (Lipinski definition) is 16. The molecule has 0 aromatic carbocycles. The molecule has 30 fully saturated rings. The van der Waals surface area contributed by atoms with Crippen LogP contribution in [0.3, 0.4) is 0 Å². The average molecular weight is 1770 g/mol. The monoisotopic (exact) mass is 1760 g/mol. The van der Waals surface area contributed by atoms with E-state index in [0.717, 1.165) is 0 Å².